The summed E-state index contributed by atoms with van der Waals surface area (Å²) in [6.45, 7) is 7.44. The molecule has 0 spiro atoms. The summed E-state index contributed by atoms with van der Waals surface area (Å²) in [4.78, 5) is 10.6. The Morgan fingerprint density at radius 2 is 1.77 bits per heavy atom. The molecule has 5 heteroatoms. The average molecular weight is 211 g/mol. The minimum absolute atomic E-state index is 0. The largest absolute Gasteiger partial charge is 0.371 e. The van der Waals surface area contributed by atoms with Gasteiger partial charge >= 0.3 is 0 Å². The Kier molecular flexibility index (Phi) is 6.32. The van der Waals surface area contributed by atoms with Crippen LogP contribution in [-0.4, -0.2) is 23.7 Å². The SMILES string of the molecule is C[C@@H](OC(C)(C)C)[C@H](N)C(N)=O.Cl. The zero-order valence-corrected chi connectivity index (χ0v) is 9.35. The van der Waals surface area contributed by atoms with Crippen LogP contribution in [0.5, 0.6) is 0 Å². The molecule has 0 aliphatic rings. The van der Waals surface area contributed by atoms with Crippen molar-refractivity contribution in [2.45, 2.75) is 45.4 Å². The van der Waals surface area contributed by atoms with E-state index in [4.69, 9.17) is 16.2 Å². The Labute approximate surface area is 85.4 Å². The second kappa shape index (κ2) is 5.42. The second-order valence-corrected chi connectivity index (χ2v) is 3.86. The first-order valence-corrected chi connectivity index (χ1v) is 3.97. The summed E-state index contributed by atoms with van der Waals surface area (Å²) in [6, 6.07) is -0.732. The molecule has 0 saturated carbocycles. The molecule has 1 amide bonds. The van der Waals surface area contributed by atoms with E-state index in [0.29, 0.717) is 0 Å². The van der Waals surface area contributed by atoms with Gasteiger partial charge in [0.2, 0.25) is 5.91 Å². The number of nitrogens with two attached hydrogens (primary N) is 2. The third-order valence-electron chi connectivity index (χ3n) is 1.37. The van der Waals surface area contributed by atoms with Gasteiger partial charge in [0.1, 0.15) is 6.04 Å². The van der Waals surface area contributed by atoms with Crippen LogP contribution >= 0.6 is 12.4 Å². The molecule has 0 radical (unpaired) electrons. The monoisotopic (exact) mass is 210 g/mol. The van der Waals surface area contributed by atoms with Crippen LogP contribution in [-0.2, 0) is 9.53 Å². The van der Waals surface area contributed by atoms with Gasteiger partial charge in [-0.1, -0.05) is 0 Å². The summed E-state index contributed by atoms with van der Waals surface area (Å²) in [5.41, 5.74) is 10.2. The van der Waals surface area contributed by atoms with Gasteiger partial charge in [-0.3, -0.25) is 4.79 Å². The van der Waals surface area contributed by atoms with E-state index < -0.39 is 11.9 Å². The summed E-state index contributed by atoms with van der Waals surface area (Å²) in [6.07, 6.45) is -0.345. The molecule has 4 nitrogen and oxygen atoms in total. The number of carbonyl (C=O) groups excluding carboxylic acids is 1. The number of hydrogen-bond acceptors (Lipinski definition) is 3. The van der Waals surface area contributed by atoms with E-state index in [1.165, 1.54) is 0 Å². The Morgan fingerprint density at radius 3 is 2.00 bits per heavy atom. The van der Waals surface area contributed by atoms with E-state index >= 15 is 0 Å². The number of amides is 1. The van der Waals surface area contributed by atoms with Crippen molar-refractivity contribution in [1.29, 1.82) is 0 Å². The minimum Gasteiger partial charge on any atom is -0.371 e. The lowest BCUT2D eigenvalue weighted by Gasteiger charge is -2.27. The van der Waals surface area contributed by atoms with E-state index in [0.717, 1.165) is 0 Å². The first-order valence-electron chi connectivity index (χ1n) is 3.97. The topological polar surface area (TPSA) is 78.3 Å². The lowest BCUT2D eigenvalue weighted by Crippen LogP contribution is -2.47. The maximum absolute atomic E-state index is 10.6. The molecular weight excluding hydrogens is 192 g/mol. The van der Waals surface area contributed by atoms with Gasteiger partial charge in [-0.2, -0.15) is 0 Å². The van der Waals surface area contributed by atoms with Crippen molar-refractivity contribution in [3.8, 4) is 0 Å². The van der Waals surface area contributed by atoms with Crippen molar-refractivity contribution in [3.05, 3.63) is 0 Å². The number of ether oxygens (including phenoxy) is 1. The van der Waals surface area contributed by atoms with E-state index in [1.54, 1.807) is 6.92 Å². The Bertz CT molecular complexity index is 168. The maximum atomic E-state index is 10.6. The van der Waals surface area contributed by atoms with Crippen LogP contribution in [0, 0.1) is 0 Å². The molecule has 0 aromatic carbocycles. The molecule has 0 aliphatic carbocycles. The summed E-state index contributed by atoms with van der Waals surface area (Å²) in [7, 11) is 0. The van der Waals surface area contributed by atoms with Crippen LogP contribution in [0.4, 0.5) is 0 Å². The van der Waals surface area contributed by atoms with Gasteiger partial charge in [0.25, 0.3) is 0 Å². The summed E-state index contributed by atoms with van der Waals surface area (Å²) < 4.78 is 5.43. The van der Waals surface area contributed by atoms with Gasteiger partial charge < -0.3 is 16.2 Å². The van der Waals surface area contributed by atoms with Gasteiger partial charge in [0.15, 0.2) is 0 Å². The number of primary amides is 1. The zero-order valence-electron chi connectivity index (χ0n) is 8.53. The zero-order chi connectivity index (χ0) is 9.94. The van der Waals surface area contributed by atoms with Crippen LogP contribution in [0.25, 0.3) is 0 Å². The fourth-order valence-electron chi connectivity index (χ4n) is 0.862. The van der Waals surface area contributed by atoms with Crippen molar-refractivity contribution in [3.63, 3.8) is 0 Å². The highest BCUT2D eigenvalue weighted by Crippen LogP contribution is 2.11. The Morgan fingerprint density at radius 1 is 1.38 bits per heavy atom. The molecule has 0 heterocycles. The molecule has 2 atom stereocenters. The minimum atomic E-state index is -0.732. The summed E-state index contributed by atoms with van der Waals surface area (Å²) in [5, 5.41) is 0. The van der Waals surface area contributed by atoms with Crippen LogP contribution in [0.2, 0.25) is 0 Å². The molecular formula is C8H19ClN2O2. The highest BCUT2D eigenvalue weighted by atomic mass is 35.5. The number of rotatable bonds is 3. The first-order chi connectivity index (χ1) is 5.24. The summed E-state index contributed by atoms with van der Waals surface area (Å²) in [5.74, 6) is -0.535. The maximum Gasteiger partial charge on any atom is 0.237 e. The number of hydrogen-bond donors (Lipinski definition) is 2. The van der Waals surface area contributed by atoms with E-state index in [9.17, 15) is 4.79 Å². The van der Waals surface area contributed by atoms with Crippen molar-refractivity contribution in [2.24, 2.45) is 11.5 Å². The number of carbonyl (C=O) groups is 1. The van der Waals surface area contributed by atoms with E-state index in [-0.39, 0.29) is 24.1 Å². The predicted octanol–water partition coefficient (Wildman–Crippen LogP) is 0.424. The summed E-state index contributed by atoms with van der Waals surface area (Å²) >= 11 is 0. The van der Waals surface area contributed by atoms with Crippen molar-refractivity contribution in [2.75, 3.05) is 0 Å². The third kappa shape index (κ3) is 6.81. The number of halogens is 1. The third-order valence-corrected chi connectivity index (χ3v) is 1.37. The van der Waals surface area contributed by atoms with Gasteiger partial charge in [-0.15, -0.1) is 12.4 Å². The Balaban J connectivity index is 0. The molecule has 0 aromatic rings. The van der Waals surface area contributed by atoms with Gasteiger partial charge in [-0.25, -0.2) is 0 Å². The van der Waals surface area contributed by atoms with Crippen LogP contribution in [0.15, 0.2) is 0 Å². The second-order valence-electron chi connectivity index (χ2n) is 3.86. The van der Waals surface area contributed by atoms with Crippen LogP contribution in [0.1, 0.15) is 27.7 Å². The predicted molar refractivity (Wildman–Crippen MR) is 54.7 cm³/mol. The average Bonchev–Trinajstić information content (AvgIpc) is 1.82. The highest BCUT2D eigenvalue weighted by molar-refractivity contribution is 5.85. The van der Waals surface area contributed by atoms with Gasteiger partial charge in [-0.05, 0) is 27.7 Å². The van der Waals surface area contributed by atoms with Crippen molar-refractivity contribution < 1.29 is 9.53 Å². The molecule has 0 aliphatic heterocycles. The van der Waals surface area contributed by atoms with E-state index in [2.05, 4.69) is 0 Å². The Hall–Kier alpha value is -0.320. The molecule has 0 bridgehead atoms. The van der Waals surface area contributed by atoms with Crippen LogP contribution in [0.3, 0.4) is 0 Å². The molecule has 80 valence electrons. The van der Waals surface area contributed by atoms with Crippen molar-refractivity contribution >= 4 is 18.3 Å². The molecule has 0 rings (SSSR count). The molecule has 13 heavy (non-hydrogen) atoms. The lowest BCUT2D eigenvalue weighted by atomic mass is 10.1. The van der Waals surface area contributed by atoms with Crippen molar-refractivity contribution in [1.82, 2.24) is 0 Å². The quantitative estimate of drug-likeness (QED) is 0.709. The van der Waals surface area contributed by atoms with Gasteiger partial charge in [0, 0.05) is 0 Å². The lowest BCUT2D eigenvalue weighted by molar-refractivity contribution is -0.126. The molecule has 4 N–H and O–H groups in total. The van der Waals surface area contributed by atoms with E-state index in [1.807, 2.05) is 20.8 Å². The van der Waals surface area contributed by atoms with Crippen LogP contribution < -0.4 is 11.5 Å². The first kappa shape index (κ1) is 15.2. The fourth-order valence-corrected chi connectivity index (χ4v) is 0.862. The molecule has 0 unspecified atom stereocenters. The fraction of sp³-hybridized carbons (Fsp3) is 0.875. The molecule has 0 saturated heterocycles. The molecule has 0 fully saturated rings. The smallest absolute Gasteiger partial charge is 0.237 e. The van der Waals surface area contributed by atoms with Gasteiger partial charge in [0.05, 0.1) is 11.7 Å². The molecule has 0 aromatic heterocycles. The normalized spacial score (nSPS) is 15.8. The standard InChI is InChI=1S/C8H18N2O2.ClH/c1-5(6(9)7(10)11)12-8(2,3)4;/h5-6H,9H2,1-4H3,(H2,10,11);1H/t5-,6+;/m1./s1. The highest BCUT2D eigenvalue weighted by Gasteiger charge is 2.23.